The highest BCUT2D eigenvalue weighted by atomic mass is 35.5. The third-order valence-corrected chi connectivity index (χ3v) is 5.73. The Morgan fingerprint density at radius 3 is 2.83 bits per heavy atom. The van der Waals surface area contributed by atoms with Gasteiger partial charge in [0.15, 0.2) is 9.84 Å². The van der Waals surface area contributed by atoms with E-state index in [1.54, 1.807) is 6.07 Å². The zero-order chi connectivity index (χ0) is 13.2. The fourth-order valence-electron chi connectivity index (χ4n) is 2.11. The summed E-state index contributed by atoms with van der Waals surface area (Å²) in [5.41, 5.74) is 0.757. The molecular weight excluding hydrogens is 277 g/mol. The van der Waals surface area contributed by atoms with Crippen LogP contribution in [-0.4, -0.2) is 26.0 Å². The predicted molar refractivity (Wildman–Crippen MR) is 69.9 cm³/mol. The van der Waals surface area contributed by atoms with Crippen LogP contribution in [0.4, 0.5) is 4.39 Å². The van der Waals surface area contributed by atoms with Crippen LogP contribution < -0.4 is 5.32 Å². The van der Waals surface area contributed by atoms with Crippen molar-refractivity contribution < 1.29 is 12.8 Å². The van der Waals surface area contributed by atoms with Gasteiger partial charge in [-0.1, -0.05) is 17.7 Å². The number of rotatable bonds is 4. The third kappa shape index (κ3) is 3.22. The Kier molecular flexibility index (Phi) is 4.25. The lowest BCUT2D eigenvalue weighted by atomic mass is 10.2. The molecule has 6 heteroatoms. The van der Waals surface area contributed by atoms with Crippen LogP contribution in [0.1, 0.15) is 18.4 Å². The Balaban J connectivity index is 1.87. The molecular formula is C12H15ClFNO2S. The number of hydrogen-bond acceptors (Lipinski definition) is 3. The number of nitrogens with one attached hydrogen (secondary N) is 1. The molecule has 3 nitrogen and oxygen atoms in total. The maximum Gasteiger partial charge on any atom is 0.154 e. The van der Waals surface area contributed by atoms with Crippen LogP contribution in [0, 0.1) is 5.82 Å². The summed E-state index contributed by atoms with van der Waals surface area (Å²) in [6.07, 6.45) is 1.45. The Morgan fingerprint density at radius 2 is 2.22 bits per heavy atom. The van der Waals surface area contributed by atoms with Gasteiger partial charge in [0, 0.05) is 13.1 Å². The van der Waals surface area contributed by atoms with E-state index >= 15 is 0 Å². The van der Waals surface area contributed by atoms with Gasteiger partial charge in [-0.3, -0.25) is 0 Å². The van der Waals surface area contributed by atoms with E-state index in [0.29, 0.717) is 19.5 Å². The average molecular weight is 292 g/mol. The largest absolute Gasteiger partial charge is 0.311 e. The van der Waals surface area contributed by atoms with Crippen molar-refractivity contribution in [2.75, 3.05) is 12.3 Å². The van der Waals surface area contributed by atoms with Crippen LogP contribution in [0.2, 0.25) is 5.02 Å². The van der Waals surface area contributed by atoms with Gasteiger partial charge < -0.3 is 5.32 Å². The van der Waals surface area contributed by atoms with E-state index in [0.717, 1.165) is 12.0 Å². The van der Waals surface area contributed by atoms with E-state index < -0.39 is 15.7 Å². The molecule has 0 amide bonds. The molecule has 1 atom stereocenters. The molecule has 100 valence electrons. The van der Waals surface area contributed by atoms with E-state index in [1.165, 1.54) is 12.1 Å². The molecule has 1 saturated heterocycles. The van der Waals surface area contributed by atoms with Gasteiger partial charge in [0.2, 0.25) is 0 Å². The van der Waals surface area contributed by atoms with Gasteiger partial charge in [-0.05, 0) is 30.5 Å². The topological polar surface area (TPSA) is 46.2 Å². The van der Waals surface area contributed by atoms with Crippen LogP contribution in [-0.2, 0) is 16.4 Å². The first kappa shape index (κ1) is 13.8. The van der Waals surface area contributed by atoms with Crippen molar-refractivity contribution in [3.8, 4) is 0 Å². The van der Waals surface area contributed by atoms with E-state index in [9.17, 15) is 12.8 Å². The highest BCUT2D eigenvalue weighted by Crippen LogP contribution is 2.19. The normalized spacial score (nSPS) is 22.2. The SMILES string of the molecule is O=S1(=O)CCCC1CNCc1ccc(Cl)c(F)c1. The molecule has 18 heavy (non-hydrogen) atoms. The zero-order valence-electron chi connectivity index (χ0n) is 9.83. The first-order valence-electron chi connectivity index (χ1n) is 5.85. The molecule has 1 unspecified atom stereocenters. The average Bonchev–Trinajstić information content (AvgIpc) is 2.63. The summed E-state index contributed by atoms with van der Waals surface area (Å²) in [5.74, 6) is -0.168. The van der Waals surface area contributed by atoms with Gasteiger partial charge in [-0.25, -0.2) is 12.8 Å². The Bertz CT molecular complexity index is 533. The van der Waals surface area contributed by atoms with E-state index in [2.05, 4.69) is 5.32 Å². The molecule has 2 rings (SSSR count). The Morgan fingerprint density at radius 1 is 1.44 bits per heavy atom. The maximum absolute atomic E-state index is 13.2. The van der Waals surface area contributed by atoms with Crippen LogP contribution in [0.3, 0.4) is 0 Å². The monoisotopic (exact) mass is 291 g/mol. The molecule has 1 N–H and O–H groups in total. The summed E-state index contributed by atoms with van der Waals surface area (Å²) in [6.45, 7) is 0.868. The summed E-state index contributed by atoms with van der Waals surface area (Å²) < 4.78 is 36.3. The van der Waals surface area contributed by atoms with E-state index in [4.69, 9.17) is 11.6 Å². The highest BCUT2D eigenvalue weighted by molar-refractivity contribution is 7.92. The van der Waals surface area contributed by atoms with Crippen molar-refractivity contribution in [1.29, 1.82) is 0 Å². The number of halogens is 2. The summed E-state index contributed by atoms with van der Waals surface area (Å²) in [6, 6.07) is 4.58. The number of sulfone groups is 1. The second-order valence-electron chi connectivity index (χ2n) is 4.51. The van der Waals surface area contributed by atoms with E-state index in [1.807, 2.05) is 0 Å². The van der Waals surface area contributed by atoms with Crippen molar-refractivity contribution in [3.63, 3.8) is 0 Å². The van der Waals surface area contributed by atoms with Crippen LogP contribution in [0.25, 0.3) is 0 Å². The lowest BCUT2D eigenvalue weighted by Gasteiger charge is -2.10. The first-order chi connectivity index (χ1) is 8.49. The number of benzene rings is 1. The second-order valence-corrected chi connectivity index (χ2v) is 7.32. The van der Waals surface area contributed by atoms with Crippen molar-refractivity contribution in [3.05, 3.63) is 34.6 Å². The molecule has 1 fully saturated rings. The summed E-state index contributed by atoms with van der Waals surface area (Å²) in [7, 11) is -2.91. The molecule has 1 aliphatic heterocycles. The standard InChI is InChI=1S/C12H15ClFNO2S/c13-11-4-3-9(6-12(11)14)7-15-8-10-2-1-5-18(10,16)17/h3-4,6,10,15H,1-2,5,7-8H2. The quantitative estimate of drug-likeness (QED) is 0.924. The van der Waals surface area contributed by atoms with Crippen molar-refractivity contribution in [2.45, 2.75) is 24.6 Å². The fraction of sp³-hybridized carbons (Fsp3) is 0.500. The molecule has 0 saturated carbocycles. The first-order valence-corrected chi connectivity index (χ1v) is 7.94. The maximum atomic E-state index is 13.2. The molecule has 0 aliphatic carbocycles. The minimum Gasteiger partial charge on any atom is -0.311 e. The van der Waals surface area contributed by atoms with Crippen LogP contribution in [0.15, 0.2) is 18.2 Å². The van der Waals surface area contributed by atoms with Crippen molar-refractivity contribution in [2.24, 2.45) is 0 Å². The highest BCUT2D eigenvalue weighted by Gasteiger charge is 2.30. The minimum absolute atomic E-state index is 0.0946. The van der Waals surface area contributed by atoms with Crippen molar-refractivity contribution >= 4 is 21.4 Å². The molecule has 1 aliphatic rings. The fourth-order valence-corrected chi connectivity index (χ4v) is 4.03. The molecule has 0 radical (unpaired) electrons. The van der Waals surface area contributed by atoms with Gasteiger partial charge in [-0.15, -0.1) is 0 Å². The Hall–Kier alpha value is -0.650. The third-order valence-electron chi connectivity index (χ3n) is 3.15. The van der Waals surface area contributed by atoms with Crippen LogP contribution in [0.5, 0.6) is 0 Å². The van der Waals surface area contributed by atoms with E-state index in [-0.39, 0.29) is 16.0 Å². The lowest BCUT2D eigenvalue weighted by molar-refractivity contribution is 0.572. The second kappa shape index (κ2) is 5.55. The minimum atomic E-state index is -2.91. The predicted octanol–water partition coefficient (Wildman–Crippen LogP) is 2.15. The van der Waals surface area contributed by atoms with Crippen molar-refractivity contribution in [1.82, 2.24) is 5.32 Å². The summed E-state index contributed by atoms with van der Waals surface area (Å²) in [4.78, 5) is 0. The van der Waals surface area contributed by atoms with Gasteiger partial charge in [-0.2, -0.15) is 0 Å². The van der Waals surface area contributed by atoms with Gasteiger partial charge in [0.1, 0.15) is 5.82 Å². The zero-order valence-corrected chi connectivity index (χ0v) is 11.4. The summed E-state index contributed by atoms with van der Waals surface area (Å²) in [5, 5.41) is 2.85. The molecule has 0 aromatic heterocycles. The van der Waals surface area contributed by atoms with Gasteiger partial charge in [0.25, 0.3) is 0 Å². The molecule has 1 heterocycles. The molecule has 1 aromatic rings. The molecule has 0 spiro atoms. The lowest BCUT2D eigenvalue weighted by Crippen LogP contribution is -2.30. The Labute approximate surface area is 111 Å². The van der Waals surface area contributed by atoms with Gasteiger partial charge >= 0.3 is 0 Å². The number of hydrogen-bond donors (Lipinski definition) is 1. The smallest absolute Gasteiger partial charge is 0.154 e. The van der Waals surface area contributed by atoms with Gasteiger partial charge in [0.05, 0.1) is 16.0 Å². The molecule has 0 bridgehead atoms. The summed E-state index contributed by atoms with van der Waals surface area (Å²) >= 11 is 5.58. The van der Waals surface area contributed by atoms with Crippen LogP contribution >= 0.6 is 11.6 Å². The molecule has 1 aromatic carbocycles.